The van der Waals surface area contributed by atoms with Crippen LogP contribution in [0.1, 0.15) is 87.5 Å². The van der Waals surface area contributed by atoms with Gasteiger partial charge >= 0.3 is 0 Å². The molecule has 0 saturated carbocycles. The smallest absolute Gasteiger partial charge is 0.174 e. The van der Waals surface area contributed by atoms with Gasteiger partial charge in [-0.3, -0.25) is 9.97 Å². The summed E-state index contributed by atoms with van der Waals surface area (Å²) in [5, 5.41) is 0. The number of hydrogen-bond acceptors (Lipinski definition) is 2. The van der Waals surface area contributed by atoms with Gasteiger partial charge in [0.05, 0.1) is 0 Å². The molecule has 5 rings (SSSR count). The molecule has 0 aliphatic carbocycles. The summed E-state index contributed by atoms with van der Waals surface area (Å²) in [6.07, 6.45) is 28.9. The molecule has 0 unspecified atom stereocenters. The Kier molecular flexibility index (Phi) is 22.5. The number of pyridine rings is 4. The van der Waals surface area contributed by atoms with E-state index >= 15 is 0 Å². The van der Waals surface area contributed by atoms with Crippen molar-refractivity contribution in [3.05, 3.63) is 132 Å². The van der Waals surface area contributed by atoms with Gasteiger partial charge in [0.1, 0.15) is 0 Å². The monoisotopic (exact) mass is 998 g/mol. The lowest BCUT2D eigenvalue weighted by Gasteiger charge is -2.18. The van der Waals surface area contributed by atoms with E-state index in [0.29, 0.717) is 0 Å². The van der Waals surface area contributed by atoms with Crippen molar-refractivity contribution in [2.45, 2.75) is 91.1 Å². The molecule has 4 nitrogen and oxygen atoms in total. The van der Waals surface area contributed by atoms with Crippen molar-refractivity contribution in [1.82, 2.24) is 9.97 Å². The minimum atomic E-state index is 0. The van der Waals surface area contributed by atoms with Crippen LogP contribution < -0.4 is 57.1 Å². The molecule has 4 heterocycles. The molecule has 0 fully saturated rings. The Balaban J connectivity index is 0.00000288. The molecule has 0 aliphatic rings. The van der Waals surface area contributed by atoms with Crippen molar-refractivity contribution in [2.75, 3.05) is 0 Å². The number of rotatable bonds is 16. The minimum absolute atomic E-state index is 0. The Morgan fingerprint density at radius 1 is 0.438 bits per heavy atom. The quantitative estimate of drug-likeness (QED) is 0.0856. The summed E-state index contributed by atoms with van der Waals surface area (Å²) < 4.78 is 4.67. The second kappa shape index (κ2) is 24.4. The molecular formula is C40H50Br2I2N4. The molecule has 48 heavy (non-hydrogen) atoms. The van der Waals surface area contributed by atoms with Crippen LogP contribution >= 0.6 is 34.0 Å². The van der Waals surface area contributed by atoms with Gasteiger partial charge in [0, 0.05) is 60.2 Å². The summed E-state index contributed by atoms with van der Waals surface area (Å²) >= 11 is 0. The first kappa shape index (κ1) is 44.3. The van der Waals surface area contributed by atoms with Crippen molar-refractivity contribution in [3.8, 4) is 22.3 Å². The largest absolute Gasteiger partial charge is 1.00 e. The number of nitrogens with zero attached hydrogens (tertiary/aromatic N) is 4. The summed E-state index contributed by atoms with van der Waals surface area (Å²) in [4.78, 5) is 8.34. The maximum atomic E-state index is 4.17. The second-order valence-electron chi connectivity index (χ2n) is 12.0. The van der Waals surface area contributed by atoms with Crippen molar-refractivity contribution >= 4 is 34.0 Å². The molecule has 8 heteroatoms. The lowest BCUT2D eigenvalue weighted by Crippen LogP contribution is -3.00. The second-order valence-corrected chi connectivity index (χ2v) is 12.0. The van der Waals surface area contributed by atoms with Crippen LogP contribution in [0, 0.1) is 0 Å². The summed E-state index contributed by atoms with van der Waals surface area (Å²) in [6, 6.07) is 22.0. The zero-order valence-electron chi connectivity index (χ0n) is 28.2. The predicted octanol–water partition coefficient (Wildman–Crippen LogP) is 3.89. The van der Waals surface area contributed by atoms with Crippen molar-refractivity contribution < 1.29 is 57.1 Å². The Morgan fingerprint density at radius 3 is 1.10 bits per heavy atom. The van der Waals surface area contributed by atoms with E-state index in [-0.39, 0.29) is 81.9 Å². The Hall–Kier alpha value is -1.76. The first-order valence-electron chi connectivity index (χ1n) is 16.7. The van der Waals surface area contributed by atoms with E-state index < -0.39 is 0 Å². The third kappa shape index (κ3) is 13.2. The predicted molar refractivity (Wildman–Crippen MR) is 201 cm³/mol. The average Bonchev–Trinajstić information content (AvgIpc) is 3.08. The van der Waals surface area contributed by atoms with E-state index in [1.807, 2.05) is 24.8 Å². The number of halogens is 4. The van der Waals surface area contributed by atoms with Gasteiger partial charge in [-0.1, -0.05) is 64.5 Å². The van der Waals surface area contributed by atoms with Crippen LogP contribution in [0.4, 0.5) is 0 Å². The van der Waals surface area contributed by atoms with Gasteiger partial charge in [0.15, 0.2) is 37.9 Å². The molecule has 1 aromatic carbocycles. The van der Waals surface area contributed by atoms with Crippen LogP contribution in [0.5, 0.6) is 0 Å². The lowest BCUT2D eigenvalue weighted by molar-refractivity contribution is -0.688. The molecule has 0 aliphatic heterocycles. The third-order valence-electron chi connectivity index (χ3n) is 8.70. The van der Waals surface area contributed by atoms with Crippen LogP contribution in [0.3, 0.4) is 0 Å². The fourth-order valence-electron chi connectivity index (χ4n) is 6.16. The molecule has 0 spiro atoms. The first-order chi connectivity index (χ1) is 21.7. The van der Waals surface area contributed by atoms with Crippen LogP contribution in [0.25, 0.3) is 22.3 Å². The zero-order chi connectivity index (χ0) is 30.4. The Bertz CT molecular complexity index is 1450. The van der Waals surface area contributed by atoms with Gasteiger partial charge in [-0.15, -0.1) is 34.0 Å². The van der Waals surface area contributed by atoms with Crippen molar-refractivity contribution in [1.29, 1.82) is 0 Å². The van der Waals surface area contributed by atoms with E-state index in [4.69, 9.17) is 0 Å². The fourth-order valence-corrected chi connectivity index (χ4v) is 6.16. The molecule has 0 bridgehead atoms. The van der Waals surface area contributed by atoms with Crippen LogP contribution in [-0.4, -0.2) is 9.97 Å². The van der Waals surface area contributed by atoms with Crippen LogP contribution in [-0.2, 0) is 25.9 Å². The van der Waals surface area contributed by atoms with Crippen LogP contribution in [0.2, 0.25) is 0 Å². The van der Waals surface area contributed by atoms with Crippen LogP contribution in [0.15, 0.2) is 110 Å². The third-order valence-corrected chi connectivity index (χ3v) is 8.70. The SMILES string of the molecule is Br.Br.CCCCCCc1c(C[n+]2ccc(-c3ccncc3)cc2)ccc(C[n+]2ccc(-c3ccncc3)cc2)c1CCCCCC.[I-].[I-]. The fraction of sp³-hybridized carbons (Fsp3) is 0.350. The number of benzene rings is 1. The van der Waals surface area contributed by atoms with E-state index in [0.717, 1.165) is 25.9 Å². The summed E-state index contributed by atoms with van der Waals surface area (Å²) in [6.45, 7) is 6.40. The van der Waals surface area contributed by atoms with Gasteiger partial charge in [0.2, 0.25) is 0 Å². The standard InChI is InChI=1S/C40H48N4.2BrH.2HI/c1-3-5-7-9-11-39-37(31-43-27-19-35(20-28-43)33-15-23-41-24-16-33)13-14-38(40(39)12-10-8-6-4-2)32-44-29-21-36(22-30-44)34-17-25-42-26-18-34;;;;/h13-30H,3-12,31-32H2,1-2H3;4*1H/q+2;;;;/p-2. The van der Waals surface area contributed by atoms with Gasteiger partial charge in [-0.05, 0) is 83.3 Å². The number of aromatic nitrogens is 4. The van der Waals surface area contributed by atoms with E-state index in [2.05, 4.69) is 118 Å². The highest BCUT2D eigenvalue weighted by molar-refractivity contribution is 8.93. The van der Waals surface area contributed by atoms with E-state index in [1.165, 1.54) is 84.7 Å². The molecular weight excluding hydrogens is 950 g/mol. The molecule has 0 N–H and O–H groups in total. The summed E-state index contributed by atoms with van der Waals surface area (Å²) in [5.74, 6) is 0. The maximum absolute atomic E-state index is 4.17. The highest BCUT2D eigenvalue weighted by Gasteiger charge is 2.19. The van der Waals surface area contributed by atoms with Gasteiger partial charge < -0.3 is 48.0 Å². The first-order valence-corrected chi connectivity index (χ1v) is 16.7. The molecule has 5 aromatic rings. The molecule has 4 aromatic heterocycles. The number of unbranched alkanes of at least 4 members (excludes halogenated alkanes) is 6. The molecule has 0 atom stereocenters. The molecule has 0 amide bonds. The van der Waals surface area contributed by atoms with Gasteiger partial charge in [0.25, 0.3) is 0 Å². The molecule has 0 saturated heterocycles. The van der Waals surface area contributed by atoms with Gasteiger partial charge in [-0.25, -0.2) is 9.13 Å². The highest BCUT2D eigenvalue weighted by atomic mass is 127. The van der Waals surface area contributed by atoms with Crippen molar-refractivity contribution in [3.63, 3.8) is 0 Å². The van der Waals surface area contributed by atoms with E-state index in [9.17, 15) is 0 Å². The summed E-state index contributed by atoms with van der Waals surface area (Å²) in [5.41, 5.74) is 11.0. The molecule has 258 valence electrons. The topological polar surface area (TPSA) is 33.5 Å². The Morgan fingerprint density at radius 2 is 0.771 bits per heavy atom. The highest BCUT2D eigenvalue weighted by Crippen LogP contribution is 2.26. The maximum Gasteiger partial charge on any atom is 0.174 e. The average molecular weight is 1000 g/mol. The lowest BCUT2D eigenvalue weighted by atomic mass is 9.88. The van der Waals surface area contributed by atoms with Gasteiger partial charge in [-0.2, -0.15) is 0 Å². The molecule has 0 radical (unpaired) electrons. The minimum Gasteiger partial charge on any atom is -1.00 e. The van der Waals surface area contributed by atoms with Crippen molar-refractivity contribution in [2.24, 2.45) is 0 Å². The Labute approximate surface area is 343 Å². The normalized spacial score (nSPS) is 10.2. The number of hydrogen-bond donors (Lipinski definition) is 0. The van der Waals surface area contributed by atoms with E-state index in [1.54, 1.807) is 11.1 Å². The zero-order valence-corrected chi connectivity index (χ0v) is 36.0. The summed E-state index contributed by atoms with van der Waals surface area (Å²) in [7, 11) is 0.